The number of rotatable bonds is 4. The van der Waals surface area contributed by atoms with Crippen LogP contribution in [0, 0.1) is 0 Å². The van der Waals surface area contributed by atoms with Crippen molar-refractivity contribution in [3.63, 3.8) is 0 Å². The molecule has 0 amide bonds. The van der Waals surface area contributed by atoms with Crippen LogP contribution in [0.1, 0.15) is 5.76 Å². The average Bonchev–Trinajstić information content (AvgIpc) is 2.82. The topological polar surface area (TPSA) is 13.1 Å². The second-order valence-electron chi connectivity index (χ2n) is 3.25. The molecule has 0 aliphatic heterocycles. The normalized spacial score (nSPS) is 11.7. The number of furan rings is 1. The van der Waals surface area contributed by atoms with Crippen molar-refractivity contribution in [2.24, 2.45) is 0 Å². The summed E-state index contributed by atoms with van der Waals surface area (Å²) in [4.78, 5) is 0. The summed E-state index contributed by atoms with van der Waals surface area (Å²) in [5.41, 5.74) is 1.68. The van der Waals surface area contributed by atoms with Crippen LogP contribution in [0.25, 0.3) is 0 Å². The Morgan fingerprint density at radius 3 is 2.62 bits per heavy atom. The van der Waals surface area contributed by atoms with Gasteiger partial charge in [-0.3, -0.25) is 0 Å². The Morgan fingerprint density at radius 1 is 1.19 bits per heavy atom. The van der Waals surface area contributed by atoms with Gasteiger partial charge in [0.25, 0.3) is 0 Å². The van der Waals surface area contributed by atoms with Crippen LogP contribution < -0.4 is 4.46 Å². The van der Waals surface area contributed by atoms with Crippen LogP contribution in [0.4, 0.5) is 0 Å². The average molecular weight is 298 g/mol. The van der Waals surface area contributed by atoms with E-state index in [2.05, 4.69) is 24.3 Å². The molecule has 3 heteroatoms. The van der Waals surface area contributed by atoms with Gasteiger partial charge < -0.3 is 0 Å². The van der Waals surface area contributed by atoms with E-state index in [0.29, 0.717) is 0 Å². The van der Waals surface area contributed by atoms with E-state index in [1.807, 2.05) is 18.2 Å². The molecule has 16 heavy (non-hydrogen) atoms. The third-order valence-corrected chi connectivity index (χ3v) is 4.77. The van der Waals surface area contributed by atoms with Crippen LogP contribution >= 0.6 is 11.6 Å². The van der Waals surface area contributed by atoms with Crippen LogP contribution in [0.3, 0.4) is 0 Å². The molecule has 0 N–H and O–H groups in total. The molecule has 0 saturated carbocycles. The van der Waals surface area contributed by atoms with Crippen molar-refractivity contribution in [1.82, 2.24) is 0 Å². The second kappa shape index (κ2) is 5.95. The molecule has 1 nitrogen and oxygen atoms in total. The molecule has 2 rings (SSSR count). The molecule has 0 aliphatic rings. The summed E-state index contributed by atoms with van der Waals surface area (Å²) >= 11 is 6.12. The van der Waals surface area contributed by atoms with E-state index in [-0.39, 0.29) is 15.0 Å². The maximum absolute atomic E-state index is 5.85. The summed E-state index contributed by atoms with van der Waals surface area (Å²) in [6, 6.07) is 14.3. The molecule has 1 aromatic carbocycles. The van der Waals surface area contributed by atoms with Gasteiger partial charge in [0.2, 0.25) is 0 Å². The molecule has 0 saturated heterocycles. The zero-order chi connectivity index (χ0) is 11.2. The Labute approximate surface area is 106 Å². The first-order valence-corrected chi connectivity index (χ1v) is 7.08. The van der Waals surface area contributed by atoms with Gasteiger partial charge in [-0.2, -0.15) is 0 Å². The number of benzene rings is 1. The van der Waals surface area contributed by atoms with Gasteiger partial charge in [0.1, 0.15) is 0 Å². The molecule has 0 spiro atoms. The van der Waals surface area contributed by atoms with Crippen molar-refractivity contribution < 1.29 is 4.42 Å². The number of hydrogen-bond donors (Lipinski definition) is 0. The SMILES string of the molecule is ClC=C(Cc1ccco1)[Se]c1ccccc1. The molecule has 0 unspecified atom stereocenters. The molecule has 0 bridgehead atoms. The van der Waals surface area contributed by atoms with Crippen LogP contribution in [0.15, 0.2) is 63.2 Å². The van der Waals surface area contributed by atoms with Gasteiger partial charge in [-0.25, -0.2) is 0 Å². The summed E-state index contributed by atoms with van der Waals surface area (Å²) < 4.78 is 7.86. The molecule has 82 valence electrons. The fraction of sp³-hybridized carbons (Fsp3) is 0.0769. The third kappa shape index (κ3) is 3.28. The molecule has 2 aromatic rings. The van der Waals surface area contributed by atoms with Gasteiger partial charge >= 0.3 is 106 Å². The van der Waals surface area contributed by atoms with Gasteiger partial charge in [0.15, 0.2) is 0 Å². The minimum atomic E-state index is 0.274. The number of halogens is 1. The van der Waals surface area contributed by atoms with E-state index in [9.17, 15) is 0 Å². The van der Waals surface area contributed by atoms with Crippen molar-refractivity contribution >= 4 is 31.0 Å². The molecule has 0 aliphatic carbocycles. The molecular formula is C13H11ClOSe. The van der Waals surface area contributed by atoms with Gasteiger partial charge in [-0.15, -0.1) is 0 Å². The van der Waals surface area contributed by atoms with Crippen molar-refractivity contribution in [3.8, 4) is 0 Å². The minimum absolute atomic E-state index is 0.274. The Kier molecular flexibility index (Phi) is 4.29. The van der Waals surface area contributed by atoms with Crippen molar-refractivity contribution in [3.05, 3.63) is 64.5 Å². The Balaban J connectivity index is 2.02. The summed E-state index contributed by atoms with van der Waals surface area (Å²) in [5, 5.41) is 0. The number of allylic oxidation sites excluding steroid dienone is 1. The molecule has 0 fully saturated rings. The van der Waals surface area contributed by atoms with Crippen molar-refractivity contribution in [2.75, 3.05) is 0 Å². The van der Waals surface area contributed by atoms with E-state index in [1.165, 1.54) is 8.93 Å². The van der Waals surface area contributed by atoms with E-state index >= 15 is 0 Å². The van der Waals surface area contributed by atoms with Crippen molar-refractivity contribution in [1.29, 1.82) is 0 Å². The number of hydrogen-bond acceptors (Lipinski definition) is 1. The predicted octanol–water partition coefficient (Wildman–Crippen LogP) is 2.93. The van der Waals surface area contributed by atoms with E-state index < -0.39 is 0 Å². The quantitative estimate of drug-likeness (QED) is 0.791. The van der Waals surface area contributed by atoms with E-state index in [4.69, 9.17) is 16.0 Å². The molecule has 0 atom stereocenters. The van der Waals surface area contributed by atoms with E-state index in [1.54, 1.807) is 11.8 Å². The van der Waals surface area contributed by atoms with Gasteiger partial charge in [-0.05, 0) is 0 Å². The summed E-state index contributed by atoms with van der Waals surface area (Å²) in [6.45, 7) is 0. The zero-order valence-corrected chi connectivity index (χ0v) is 11.1. The van der Waals surface area contributed by atoms with Crippen LogP contribution in [-0.2, 0) is 6.42 Å². The Hall–Kier alpha value is -0.951. The summed E-state index contributed by atoms with van der Waals surface area (Å²) in [5.74, 6) is 0.963. The van der Waals surface area contributed by atoms with E-state index in [0.717, 1.165) is 12.2 Å². The summed E-state index contributed by atoms with van der Waals surface area (Å²) in [7, 11) is 0. The summed E-state index contributed by atoms with van der Waals surface area (Å²) in [6.07, 6.45) is 2.49. The van der Waals surface area contributed by atoms with Gasteiger partial charge in [0, 0.05) is 0 Å². The van der Waals surface area contributed by atoms with Crippen molar-refractivity contribution in [2.45, 2.75) is 6.42 Å². The van der Waals surface area contributed by atoms with Crippen LogP contribution in [-0.4, -0.2) is 15.0 Å². The predicted molar refractivity (Wildman–Crippen MR) is 68.2 cm³/mol. The van der Waals surface area contributed by atoms with Crippen LogP contribution in [0.5, 0.6) is 0 Å². The first kappa shape index (κ1) is 11.5. The monoisotopic (exact) mass is 298 g/mol. The maximum atomic E-state index is 5.85. The molecule has 1 aromatic heterocycles. The third-order valence-electron chi connectivity index (χ3n) is 2.04. The fourth-order valence-electron chi connectivity index (χ4n) is 1.32. The molecule has 1 heterocycles. The molecular weight excluding hydrogens is 287 g/mol. The first-order chi connectivity index (χ1) is 7.88. The standard InChI is InChI=1S/C13H11ClOSe/c14-10-13(9-11-5-4-8-15-11)16-12-6-2-1-3-7-12/h1-8,10H,9H2. The first-order valence-electron chi connectivity index (χ1n) is 4.93. The second-order valence-corrected chi connectivity index (χ2v) is 5.98. The van der Waals surface area contributed by atoms with Crippen LogP contribution in [0.2, 0.25) is 0 Å². The van der Waals surface area contributed by atoms with Gasteiger partial charge in [-0.1, -0.05) is 0 Å². The Bertz CT molecular complexity index is 448. The fourth-order valence-corrected chi connectivity index (χ4v) is 3.42. The molecule has 0 radical (unpaired) electrons. The Morgan fingerprint density at radius 2 is 2.00 bits per heavy atom. The van der Waals surface area contributed by atoms with Gasteiger partial charge in [0.05, 0.1) is 0 Å². The zero-order valence-electron chi connectivity index (χ0n) is 8.60.